The quantitative estimate of drug-likeness (QED) is 0.761. The van der Waals surface area contributed by atoms with Crippen LogP contribution in [0.3, 0.4) is 0 Å². The summed E-state index contributed by atoms with van der Waals surface area (Å²) in [4.78, 5) is 0. The van der Waals surface area contributed by atoms with Crippen LogP contribution in [0.5, 0.6) is 0 Å². The zero-order valence-corrected chi connectivity index (χ0v) is 9.64. The lowest BCUT2D eigenvalue weighted by molar-refractivity contribution is -0.0398. The first-order valence-electron chi connectivity index (χ1n) is 5.60. The Labute approximate surface area is 90.3 Å². The summed E-state index contributed by atoms with van der Waals surface area (Å²) in [5.41, 5.74) is 0.130. The van der Waals surface area contributed by atoms with Gasteiger partial charge in [0, 0.05) is 7.05 Å². The Morgan fingerprint density at radius 1 is 1.47 bits per heavy atom. The van der Waals surface area contributed by atoms with Gasteiger partial charge in [-0.1, -0.05) is 19.1 Å². The summed E-state index contributed by atoms with van der Waals surface area (Å²) >= 11 is 0. The van der Waals surface area contributed by atoms with E-state index in [2.05, 4.69) is 24.2 Å². The van der Waals surface area contributed by atoms with E-state index in [-0.39, 0.29) is 0 Å². The Morgan fingerprint density at radius 3 is 2.73 bits per heavy atom. The van der Waals surface area contributed by atoms with Crippen LogP contribution in [0.2, 0.25) is 0 Å². The van der Waals surface area contributed by atoms with Crippen molar-refractivity contribution in [3.63, 3.8) is 0 Å². The van der Waals surface area contributed by atoms with Gasteiger partial charge in [0.15, 0.2) is 0 Å². The molecule has 15 heavy (non-hydrogen) atoms. The monoisotopic (exact) mass is 209 g/mol. The molecule has 4 nitrogen and oxygen atoms in total. The summed E-state index contributed by atoms with van der Waals surface area (Å²) < 4.78 is 1.68. The molecule has 0 spiro atoms. The fraction of sp³-hybridized carbons (Fsp3) is 0.818. The highest BCUT2D eigenvalue weighted by Gasteiger charge is 2.39. The van der Waals surface area contributed by atoms with E-state index in [1.54, 1.807) is 10.9 Å². The summed E-state index contributed by atoms with van der Waals surface area (Å²) in [6.07, 6.45) is 4.39. The second kappa shape index (κ2) is 3.59. The SMILES string of the molecule is CC1CCC(O)(c2cnnn2C)CC1C. The molecule has 4 heteroatoms. The smallest absolute Gasteiger partial charge is 0.108 e. The standard InChI is InChI=1S/C11H19N3O/c1-8-4-5-11(15,6-9(8)2)10-7-12-13-14(10)3/h7-9,15H,4-6H2,1-3H3. The maximum Gasteiger partial charge on any atom is 0.108 e. The number of hydrogen-bond donors (Lipinski definition) is 1. The van der Waals surface area contributed by atoms with Crippen molar-refractivity contribution >= 4 is 0 Å². The maximum absolute atomic E-state index is 10.6. The zero-order chi connectivity index (χ0) is 11.1. The van der Waals surface area contributed by atoms with Gasteiger partial charge in [-0.2, -0.15) is 0 Å². The molecule has 0 radical (unpaired) electrons. The normalized spacial score (nSPS) is 36.8. The second-order valence-corrected chi connectivity index (χ2v) is 4.97. The van der Waals surface area contributed by atoms with Crippen molar-refractivity contribution in [2.24, 2.45) is 18.9 Å². The first-order valence-corrected chi connectivity index (χ1v) is 5.60. The molecule has 84 valence electrons. The lowest BCUT2D eigenvalue weighted by Gasteiger charge is -2.38. The average molecular weight is 209 g/mol. The van der Waals surface area contributed by atoms with E-state index in [4.69, 9.17) is 0 Å². The third kappa shape index (κ3) is 1.78. The van der Waals surface area contributed by atoms with Crippen molar-refractivity contribution in [1.29, 1.82) is 0 Å². The lowest BCUT2D eigenvalue weighted by atomic mass is 9.72. The molecule has 1 aliphatic carbocycles. The molecule has 1 aromatic rings. The van der Waals surface area contributed by atoms with E-state index in [1.807, 2.05) is 7.05 Å². The van der Waals surface area contributed by atoms with Crippen LogP contribution in [0, 0.1) is 11.8 Å². The van der Waals surface area contributed by atoms with Gasteiger partial charge < -0.3 is 5.11 Å². The molecule has 1 heterocycles. The molecular weight excluding hydrogens is 190 g/mol. The Bertz CT molecular complexity index is 349. The molecule has 0 saturated heterocycles. The van der Waals surface area contributed by atoms with Crippen LogP contribution in [0.15, 0.2) is 6.20 Å². The van der Waals surface area contributed by atoms with Crippen LogP contribution in [0.25, 0.3) is 0 Å². The van der Waals surface area contributed by atoms with E-state index < -0.39 is 5.60 Å². The maximum atomic E-state index is 10.6. The molecule has 1 fully saturated rings. The van der Waals surface area contributed by atoms with Crippen LogP contribution in [0.4, 0.5) is 0 Å². The molecule has 0 aromatic carbocycles. The Kier molecular flexibility index (Phi) is 2.54. The topological polar surface area (TPSA) is 50.9 Å². The van der Waals surface area contributed by atoms with Crippen molar-refractivity contribution in [3.05, 3.63) is 11.9 Å². The van der Waals surface area contributed by atoms with Crippen LogP contribution >= 0.6 is 0 Å². The minimum Gasteiger partial charge on any atom is -0.383 e. The van der Waals surface area contributed by atoms with Crippen molar-refractivity contribution < 1.29 is 5.11 Å². The number of rotatable bonds is 1. The molecule has 3 atom stereocenters. The second-order valence-electron chi connectivity index (χ2n) is 4.97. The van der Waals surface area contributed by atoms with E-state index >= 15 is 0 Å². The minimum absolute atomic E-state index is 0.554. The van der Waals surface area contributed by atoms with E-state index in [9.17, 15) is 5.11 Å². The first kappa shape index (κ1) is 10.6. The Morgan fingerprint density at radius 2 is 2.20 bits per heavy atom. The van der Waals surface area contributed by atoms with Gasteiger partial charge in [-0.15, -0.1) is 5.10 Å². The van der Waals surface area contributed by atoms with Gasteiger partial charge >= 0.3 is 0 Å². The predicted octanol–water partition coefficient (Wildman–Crippen LogP) is 1.46. The number of nitrogens with zero attached hydrogens (tertiary/aromatic N) is 3. The molecule has 1 aromatic heterocycles. The van der Waals surface area contributed by atoms with Crippen molar-refractivity contribution in [3.8, 4) is 0 Å². The van der Waals surface area contributed by atoms with Gasteiger partial charge in [0.25, 0.3) is 0 Å². The highest BCUT2D eigenvalue weighted by molar-refractivity contribution is 5.09. The number of aliphatic hydroxyl groups is 1. The molecule has 1 aliphatic rings. The van der Waals surface area contributed by atoms with Crippen LogP contribution < -0.4 is 0 Å². The van der Waals surface area contributed by atoms with Crippen LogP contribution in [-0.2, 0) is 12.6 Å². The van der Waals surface area contributed by atoms with Crippen LogP contribution in [-0.4, -0.2) is 20.1 Å². The summed E-state index contributed by atoms with van der Waals surface area (Å²) in [6, 6.07) is 0. The molecule has 0 aliphatic heterocycles. The first-order chi connectivity index (χ1) is 7.03. The average Bonchev–Trinajstić information content (AvgIpc) is 2.59. The summed E-state index contributed by atoms with van der Waals surface area (Å²) in [6.45, 7) is 4.46. The van der Waals surface area contributed by atoms with Gasteiger partial charge in [0.1, 0.15) is 5.60 Å². The summed E-state index contributed by atoms with van der Waals surface area (Å²) in [5.74, 6) is 1.25. The third-order valence-electron chi connectivity index (χ3n) is 3.84. The van der Waals surface area contributed by atoms with E-state index in [0.717, 1.165) is 25.0 Å². The molecule has 1 saturated carbocycles. The van der Waals surface area contributed by atoms with Gasteiger partial charge in [-0.3, -0.25) is 0 Å². The highest BCUT2D eigenvalue weighted by atomic mass is 16.3. The molecule has 2 rings (SSSR count). The highest BCUT2D eigenvalue weighted by Crippen LogP contribution is 2.41. The molecule has 0 amide bonds. The summed E-state index contributed by atoms with van der Waals surface area (Å²) in [7, 11) is 1.84. The van der Waals surface area contributed by atoms with E-state index in [1.165, 1.54) is 0 Å². The van der Waals surface area contributed by atoms with Gasteiger partial charge in [-0.25, -0.2) is 4.68 Å². The lowest BCUT2D eigenvalue weighted by Crippen LogP contribution is -2.36. The summed E-state index contributed by atoms with van der Waals surface area (Å²) in [5, 5.41) is 18.3. The zero-order valence-electron chi connectivity index (χ0n) is 9.64. The van der Waals surface area contributed by atoms with Crippen molar-refractivity contribution in [2.45, 2.75) is 38.7 Å². The molecule has 3 unspecified atom stereocenters. The Hall–Kier alpha value is -0.900. The fourth-order valence-corrected chi connectivity index (χ4v) is 2.53. The van der Waals surface area contributed by atoms with Crippen LogP contribution in [0.1, 0.15) is 38.8 Å². The fourth-order valence-electron chi connectivity index (χ4n) is 2.53. The van der Waals surface area contributed by atoms with Gasteiger partial charge in [-0.05, 0) is 31.1 Å². The van der Waals surface area contributed by atoms with E-state index in [0.29, 0.717) is 11.8 Å². The molecular formula is C11H19N3O. The largest absolute Gasteiger partial charge is 0.383 e. The Balaban J connectivity index is 2.25. The predicted molar refractivity (Wildman–Crippen MR) is 57.1 cm³/mol. The number of hydrogen-bond acceptors (Lipinski definition) is 3. The minimum atomic E-state index is -0.718. The molecule has 0 bridgehead atoms. The van der Waals surface area contributed by atoms with Crippen molar-refractivity contribution in [2.75, 3.05) is 0 Å². The van der Waals surface area contributed by atoms with Gasteiger partial charge in [0.2, 0.25) is 0 Å². The number of aryl methyl sites for hydroxylation is 1. The molecule has 1 N–H and O–H groups in total. The third-order valence-corrected chi connectivity index (χ3v) is 3.84. The number of aromatic nitrogens is 3. The van der Waals surface area contributed by atoms with Crippen molar-refractivity contribution in [1.82, 2.24) is 15.0 Å². The van der Waals surface area contributed by atoms with Gasteiger partial charge in [0.05, 0.1) is 11.9 Å².